The van der Waals surface area contributed by atoms with Crippen LogP contribution in [0.5, 0.6) is 0 Å². The van der Waals surface area contributed by atoms with Crippen LogP contribution in [0.4, 0.5) is 5.82 Å². The van der Waals surface area contributed by atoms with Gasteiger partial charge in [0, 0.05) is 13.1 Å². The van der Waals surface area contributed by atoms with Gasteiger partial charge >= 0.3 is 7.60 Å². The third-order valence-electron chi connectivity index (χ3n) is 7.34. The predicted octanol–water partition coefficient (Wildman–Crippen LogP) is 1.83. The first-order chi connectivity index (χ1) is 15.7. The number of aliphatic hydroxyl groups excluding tert-OH is 2. The van der Waals surface area contributed by atoms with Gasteiger partial charge < -0.3 is 29.6 Å². The molecule has 4 heterocycles. The Balaban J connectivity index is 1.42. The Bertz CT molecular complexity index is 1070. The molecule has 2 aromatic rings. The van der Waals surface area contributed by atoms with Crippen molar-refractivity contribution in [3.05, 3.63) is 11.6 Å². The number of fused-ring (bicyclic) bond motifs is 1. The van der Waals surface area contributed by atoms with Gasteiger partial charge in [-0.25, -0.2) is 4.98 Å². The van der Waals surface area contributed by atoms with Gasteiger partial charge in [0.25, 0.3) is 0 Å². The van der Waals surface area contributed by atoms with E-state index >= 15 is 0 Å². The molecule has 0 radical (unpaired) electrons. The standard InChI is InChI=1S/C20H29ClN5O6P/c21-19-23-16(25-8-7-20(10-25)5-2-1-3-6-20)13-17(24-19)26(11-22-13)18-15(28)14(27)12(32-18)4-9-33(29,30)31/h11-12,14-15,18,27-28H,1-10H2,(H2,29,30,31). The average molecular weight is 502 g/mol. The number of anilines is 1. The lowest BCUT2D eigenvalue weighted by molar-refractivity contribution is -0.0355. The van der Waals surface area contributed by atoms with E-state index in [0.29, 0.717) is 22.4 Å². The Kier molecular flexibility index (Phi) is 6.18. The lowest BCUT2D eigenvalue weighted by atomic mass is 9.73. The Labute approximate surface area is 195 Å². The van der Waals surface area contributed by atoms with Crippen LogP contribution in [0.25, 0.3) is 11.2 Å². The molecule has 1 spiro atoms. The second-order valence-corrected chi connectivity index (χ2v) is 11.7. The van der Waals surface area contributed by atoms with Crippen molar-refractivity contribution in [2.45, 2.75) is 69.5 Å². The van der Waals surface area contributed by atoms with E-state index in [9.17, 15) is 14.8 Å². The number of halogens is 1. The van der Waals surface area contributed by atoms with Gasteiger partial charge in [0.1, 0.15) is 12.2 Å². The average Bonchev–Trinajstić information content (AvgIpc) is 3.44. The second kappa shape index (κ2) is 8.71. The van der Waals surface area contributed by atoms with Crippen molar-refractivity contribution in [1.29, 1.82) is 0 Å². The van der Waals surface area contributed by atoms with Crippen molar-refractivity contribution in [2.24, 2.45) is 5.41 Å². The SMILES string of the molecule is O=P(O)(O)CCC1OC(n2cnc3c(N4CCC5(CCCCC5)C4)nc(Cl)nc32)C(O)C1O. The molecule has 1 aliphatic carbocycles. The van der Waals surface area contributed by atoms with Gasteiger partial charge in [-0.1, -0.05) is 19.3 Å². The summed E-state index contributed by atoms with van der Waals surface area (Å²) in [4.78, 5) is 33.8. The van der Waals surface area contributed by atoms with Gasteiger partial charge in [0.2, 0.25) is 5.28 Å². The zero-order valence-electron chi connectivity index (χ0n) is 18.1. The molecule has 2 aromatic heterocycles. The molecule has 2 aliphatic heterocycles. The molecular formula is C20H29ClN5O6P. The predicted molar refractivity (Wildman–Crippen MR) is 120 cm³/mol. The number of rotatable bonds is 5. The number of imidazole rings is 1. The third kappa shape index (κ3) is 4.52. The molecule has 4 atom stereocenters. The summed E-state index contributed by atoms with van der Waals surface area (Å²) in [5.41, 5.74) is 1.23. The van der Waals surface area contributed by atoms with Crippen LogP contribution in [0, 0.1) is 5.41 Å². The van der Waals surface area contributed by atoms with Crippen molar-refractivity contribution in [2.75, 3.05) is 24.2 Å². The first-order valence-corrected chi connectivity index (χ1v) is 13.5. The van der Waals surface area contributed by atoms with Crippen LogP contribution in [0.3, 0.4) is 0 Å². The zero-order chi connectivity index (χ0) is 23.4. The molecule has 13 heteroatoms. The summed E-state index contributed by atoms with van der Waals surface area (Å²) in [5, 5.41) is 21.0. The van der Waals surface area contributed by atoms with E-state index in [1.54, 1.807) is 0 Å². The Morgan fingerprint density at radius 2 is 1.91 bits per heavy atom. The van der Waals surface area contributed by atoms with E-state index in [0.717, 1.165) is 19.5 Å². The van der Waals surface area contributed by atoms with Crippen molar-refractivity contribution in [3.63, 3.8) is 0 Å². The molecule has 0 bridgehead atoms. The minimum Gasteiger partial charge on any atom is -0.388 e. The van der Waals surface area contributed by atoms with Gasteiger partial charge in [-0.05, 0) is 42.7 Å². The van der Waals surface area contributed by atoms with E-state index in [2.05, 4.69) is 19.9 Å². The quantitative estimate of drug-likeness (QED) is 0.352. The maximum Gasteiger partial charge on any atom is 0.325 e. The lowest BCUT2D eigenvalue weighted by Gasteiger charge is -2.33. The van der Waals surface area contributed by atoms with Gasteiger partial charge in [0.05, 0.1) is 18.6 Å². The van der Waals surface area contributed by atoms with Crippen molar-refractivity contribution in [3.8, 4) is 0 Å². The normalized spacial score (nSPS) is 30.0. The van der Waals surface area contributed by atoms with Gasteiger partial charge in [-0.2, -0.15) is 9.97 Å². The first-order valence-electron chi connectivity index (χ1n) is 11.4. The molecule has 3 aliphatic rings. The van der Waals surface area contributed by atoms with Crippen LogP contribution >= 0.6 is 19.2 Å². The molecule has 11 nitrogen and oxygen atoms in total. The second-order valence-electron chi connectivity index (χ2n) is 9.60. The minimum absolute atomic E-state index is 0.0509. The molecule has 4 N–H and O–H groups in total. The molecule has 0 amide bonds. The van der Waals surface area contributed by atoms with E-state index in [1.807, 2.05) is 0 Å². The monoisotopic (exact) mass is 501 g/mol. The fourth-order valence-electron chi connectivity index (χ4n) is 5.60. The maximum atomic E-state index is 11.2. The largest absolute Gasteiger partial charge is 0.388 e. The summed E-state index contributed by atoms with van der Waals surface area (Å²) in [7, 11) is -4.26. The summed E-state index contributed by atoms with van der Waals surface area (Å²) < 4.78 is 18.5. The van der Waals surface area contributed by atoms with E-state index < -0.39 is 38.3 Å². The van der Waals surface area contributed by atoms with E-state index in [4.69, 9.17) is 26.1 Å². The van der Waals surface area contributed by atoms with Crippen molar-refractivity contribution in [1.82, 2.24) is 19.5 Å². The molecule has 4 unspecified atom stereocenters. The number of nitrogens with zero attached hydrogens (tertiary/aromatic N) is 5. The number of ether oxygens (including phenoxy) is 1. The Morgan fingerprint density at radius 3 is 2.64 bits per heavy atom. The lowest BCUT2D eigenvalue weighted by Crippen LogP contribution is -2.32. The summed E-state index contributed by atoms with van der Waals surface area (Å²) in [6.07, 6.45) is 3.69. The number of aromatic nitrogens is 4. The van der Waals surface area contributed by atoms with Crippen molar-refractivity contribution >= 4 is 36.2 Å². The minimum atomic E-state index is -4.26. The molecule has 5 rings (SSSR count). The number of aliphatic hydroxyl groups is 2. The van der Waals surface area contributed by atoms with Crippen LogP contribution in [-0.4, -0.2) is 77.1 Å². The summed E-state index contributed by atoms with van der Waals surface area (Å²) in [6.45, 7) is 1.76. The van der Waals surface area contributed by atoms with Gasteiger partial charge in [-0.15, -0.1) is 0 Å². The fraction of sp³-hybridized carbons (Fsp3) is 0.750. The van der Waals surface area contributed by atoms with Crippen molar-refractivity contribution < 1.29 is 29.3 Å². The van der Waals surface area contributed by atoms with Gasteiger partial charge in [-0.3, -0.25) is 9.13 Å². The molecule has 2 saturated heterocycles. The Hall–Kier alpha value is -1.33. The molecule has 3 fully saturated rings. The van der Waals surface area contributed by atoms with Crippen LogP contribution in [0.15, 0.2) is 6.33 Å². The summed E-state index contributed by atoms with van der Waals surface area (Å²) >= 11 is 6.28. The molecule has 0 aromatic carbocycles. The number of hydrogen-bond acceptors (Lipinski definition) is 8. The summed E-state index contributed by atoms with van der Waals surface area (Å²) in [6, 6.07) is 0. The third-order valence-corrected chi connectivity index (χ3v) is 8.35. The highest BCUT2D eigenvalue weighted by molar-refractivity contribution is 7.51. The zero-order valence-corrected chi connectivity index (χ0v) is 19.8. The van der Waals surface area contributed by atoms with Crippen LogP contribution in [0.2, 0.25) is 5.28 Å². The first kappa shape index (κ1) is 23.4. The Morgan fingerprint density at radius 1 is 1.15 bits per heavy atom. The van der Waals surface area contributed by atoms with Gasteiger partial charge in [0.15, 0.2) is 23.2 Å². The van der Waals surface area contributed by atoms with Crippen LogP contribution in [0.1, 0.15) is 51.2 Å². The topological polar surface area (TPSA) is 154 Å². The smallest absolute Gasteiger partial charge is 0.325 e. The van der Waals surface area contributed by atoms with E-state index in [1.165, 1.54) is 43.0 Å². The maximum absolute atomic E-state index is 11.2. The molecule has 1 saturated carbocycles. The highest BCUT2D eigenvalue weighted by Gasteiger charge is 2.45. The number of hydrogen-bond donors (Lipinski definition) is 4. The highest BCUT2D eigenvalue weighted by Crippen LogP contribution is 2.46. The molecule has 182 valence electrons. The van der Waals surface area contributed by atoms with Crippen LogP contribution in [-0.2, 0) is 9.30 Å². The molecular weight excluding hydrogens is 473 g/mol. The van der Waals surface area contributed by atoms with Crippen LogP contribution < -0.4 is 4.90 Å². The molecule has 33 heavy (non-hydrogen) atoms. The fourth-order valence-corrected chi connectivity index (χ4v) is 6.35. The highest BCUT2D eigenvalue weighted by atomic mass is 35.5. The summed E-state index contributed by atoms with van der Waals surface area (Å²) in [5.74, 6) is 0.650. The van der Waals surface area contributed by atoms with E-state index in [-0.39, 0.29) is 11.7 Å².